The number of hydrogen-bond donors (Lipinski definition) is 2. The van der Waals surface area contributed by atoms with E-state index in [0.29, 0.717) is 5.69 Å². The monoisotopic (exact) mass is 281 g/mol. The van der Waals surface area contributed by atoms with E-state index in [-0.39, 0.29) is 6.04 Å². The lowest BCUT2D eigenvalue weighted by Crippen LogP contribution is -2.07. The van der Waals surface area contributed by atoms with Crippen LogP contribution in [0.5, 0.6) is 0 Å². The molecule has 0 saturated heterocycles. The van der Waals surface area contributed by atoms with Crippen molar-refractivity contribution in [1.82, 2.24) is 4.98 Å². The SMILES string of the molecule is Cc1cc(C(C)Nc2ccnc3c(N)cccc23)c(C)o1. The van der Waals surface area contributed by atoms with Crippen molar-refractivity contribution >= 4 is 22.3 Å². The molecule has 0 aliphatic carbocycles. The van der Waals surface area contributed by atoms with Crippen molar-refractivity contribution in [3.8, 4) is 0 Å². The number of fused-ring (bicyclic) bond motifs is 1. The predicted molar refractivity (Wildman–Crippen MR) is 86.4 cm³/mol. The lowest BCUT2D eigenvalue weighted by Gasteiger charge is -2.16. The largest absolute Gasteiger partial charge is 0.466 e. The topological polar surface area (TPSA) is 64.1 Å². The molecular formula is C17H19N3O. The summed E-state index contributed by atoms with van der Waals surface area (Å²) < 4.78 is 5.61. The summed E-state index contributed by atoms with van der Waals surface area (Å²) in [5.74, 6) is 1.88. The minimum Gasteiger partial charge on any atom is -0.466 e. The van der Waals surface area contributed by atoms with Gasteiger partial charge in [0.25, 0.3) is 0 Å². The number of hydrogen-bond acceptors (Lipinski definition) is 4. The predicted octanol–water partition coefficient (Wildman–Crippen LogP) is 4.20. The number of benzene rings is 1. The first-order valence-corrected chi connectivity index (χ1v) is 7.03. The summed E-state index contributed by atoms with van der Waals surface area (Å²) in [7, 11) is 0. The first-order chi connectivity index (χ1) is 10.1. The van der Waals surface area contributed by atoms with Crippen molar-refractivity contribution < 1.29 is 4.42 Å². The van der Waals surface area contributed by atoms with Gasteiger partial charge in [-0.3, -0.25) is 4.98 Å². The molecule has 2 heterocycles. The average molecular weight is 281 g/mol. The van der Waals surface area contributed by atoms with Crippen molar-refractivity contribution in [2.24, 2.45) is 0 Å². The van der Waals surface area contributed by atoms with Gasteiger partial charge in [0.15, 0.2) is 0 Å². The number of aromatic nitrogens is 1. The average Bonchev–Trinajstić information content (AvgIpc) is 2.79. The number of para-hydroxylation sites is 1. The summed E-state index contributed by atoms with van der Waals surface area (Å²) in [4.78, 5) is 4.36. The molecule has 3 rings (SSSR count). The minimum absolute atomic E-state index is 0.148. The molecule has 3 N–H and O–H groups in total. The molecule has 1 atom stereocenters. The maximum atomic E-state index is 5.99. The third-order valence-corrected chi connectivity index (χ3v) is 3.72. The fourth-order valence-corrected chi connectivity index (χ4v) is 2.72. The second kappa shape index (κ2) is 5.13. The highest BCUT2D eigenvalue weighted by Gasteiger charge is 2.14. The van der Waals surface area contributed by atoms with Crippen LogP contribution in [0.25, 0.3) is 10.9 Å². The van der Waals surface area contributed by atoms with E-state index in [0.717, 1.165) is 28.1 Å². The molecule has 21 heavy (non-hydrogen) atoms. The Kier molecular flexibility index (Phi) is 3.29. The van der Waals surface area contributed by atoms with Crippen molar-refractivity contribution in [2.45, 2.75) is 26.8 Å². The van der Waals surface area contributed by atoms with Gasteiger partial charge in [-0.25, -0.2) is 0 Å². The van der Waals surface area contributed by atoms with Crippen LogP contribution in [0.2, 0.25) is 0 Å². The number of nitrogens with zero attached hydrogens (tertiary/aromatic N) is 1. The maximum absolute atomic E-state index is 5.99. The Hall–Kier alpha value is -2.49. The second-order valence-corrected chi connectivity index (χ2v) is 5.34. The fraction of sp³-hybridized carbons (Fsp3) is 0.235. The van der Waals surface area contributed by atoms with Crippen LogP contribution < -0.4 is 11.1 Å². The molecule has 0 bridgehead atoms. The molecule has 108 valence electrons. The van der Waals surface area contributed by atoms with Crippen LogP contribution in [0.3, 0.4) is 0 Å². The zero-order chi connectivity index (χ0) is 15.0. The lowest BCUT2D eigenvalue weighted by atomic mass is 10.1. The molecule has 1 unspecified atom stereocenters. The zero-order valence-electron chi connectivity index (χ0n) is 12.5. The molecule has 2 aromatic heterocycles. The molecule has 3 aromatic rings. The van der Waals surface area contributed by atoms with E-state index in [1.165, 1.54) is 5.56 Å². The van der Waals surface area contributed by atoms with Crippen molar-refractivity contribution in [1.29, 1.82) is 0 Å². The molecule has 0 spiro atoms. The van der Waals surface area contributed by atoms with Gasteiger partial charge in [0.05, 0.1) is 17.2 Å². The highest BCUT2D eigenvalue weighted by Crippen LogP contribution is 2.30. The summed E-state index contributed by atoms with van der Waals surface area (Å²) in [6, 6.07) is 10.0. The molecule has 1 aromatic carbocycles. The Morgan fingerprint density at radius 2 is 2.05 bits per heavy atom. The normalized spacial score (nSPS) is 12.5. The van der Waals surface area contributed by atoms with E-state index < -0.39 is 0 Å². The number of aryl methyl sites for hydroxylation is 2. The zero-order valence-corrected chi connectivity index (χ0v) is 12.5. The van der Waals surface area contributed by atoms with Gasteiger partial charge < -0.3 is 15.5 Å². The van der Waals surface area contributed by atoms with E-state index in [9.17, 15) is 0 Å². The van der Waals surface area contributed by atoms with Crippen LogP contribution >= 0.6 is 0 Å². The molecule has 4 heteroatoms. The smallest absolute Gasteiger partial charge is 0.106 e. The number of rotatable bonds is 3. The van der Waals surface area contributed by atoms with Gasteiger partial charge in [0, 0.05) is 22.8 Å². The summed E-state index contributed by atoms with van der Waals surface area (Å²) in [6.45, 7) is 6.07. The third kappa shape index (κ3) is 2.44. The Morgan fingerprint density at radius 1 is 1.24 bits per heavy atom. The molecule has 0 saturated carbocycles. The Morgan fingerprint density at radius 3 is 2.76 bits per heavy atom. The van der Waals surface area contributed by atoms with Crippen LogP contribution in [-0.4, -0.2) is 4.98 Å². The highest BCUT2D eigenvalue weighted by atomic mass is 16.3. The third-order valence-electron chi connectivity index (χ3n) is 3.72. The van der Waals surface area contributed by atoms with E-state index in [1.54, 1.807) is 6.20 Å². The van der Waals surface area contributed by atoms with Gasteiger partial charge in [-0.1, -0.05) is 12.1 Å². The summed E-state index contributed by atoms with van der Waals surface area (Å²) in [6.07, 6.45) is 1.78. The quantitative estimate of drug-likeness (QED) is 0.706. The standard InChI is InChI=1S/C17H19N3O/c1-10-9-14(12(3)21-10)11(2)20-16-7-8-19-17-13(16)5-4-6-15(17)18/h4-9,11H,18H2,1-3H3,(H,19,20). The Labute approximate surface area is 124 Å². The van der Waals surface area contributed by atoms with Crippen LogP contribution in [-0.2, 0) is 0 Å². The first kappa shape index (κ1) is 13.5. The number of furan rings is 1. The summed E-state index contributed by atoms with van der Waals surface area (Å²) >= 11 is 0. The van der Waals surface area contributed by atoms with E-state index in [1.807, 2.05) is 38.1 Å². The summed E-state index contributed by atoms with van der Waals surface area (Å²) in [5.41, 5.74) is 9.71. The molecule has 0 aliphatic heterocycles. The Balaban J connectivity index is 1.98. The van der Waals surface area contributed by atoms with Gasteiger partial charge in [-0.2, -0.15) is 0 Å². The van der Waals surface area contributed by atoms with Crippen molar-refractivity contribution in [3.05, 3.63) is 53.6 Å². The van der Waals surface area contributed by atoms with E-state index in [4.69, 9.17) is 10.2 Å². The van der Waals surface area contributed by atoms with Gasteiger partial charge in [0.1, 0.15) is 11.5 Å². The van der Waals surface area contributed by atoms with Crippen LogP contribution in [0.1, 0.15) is 30.0 Å². The molecule has 0 fully saturated rings. The number of nitrogens with one attached hydrogen (secondary N) is 1. The summed E-state index contributed by atoms with van der Waals surface area (Å²) in [5, 5.41) is 4.56. The maximum Gasteiger partial charge on any atom is 0.106 e. The first-order valence-electron chi connectivity index (χ1n) is 7.03. The number of anilines is 2. The highest BCUT2D eigenvalue weighted by molar-refractivity contribution is 5.97. The van der Waals surface area contributed by atoms with E-state index in [2.05, 4.69) is 23.3 Å². The minimum atomic E-state index is 0.148. The van der Waals surface area contributed by atoms with E-state index >= 15 is 0 Å². The van der Waals surface area contributed by atoms with Gasteiger partial charge >= 0.3 is 0 Å². The lowest BCUT2D eigenvalue weighted by molar-refractivity contribution is 0.500. The number of nitrogens with two attached hydrogens (primary N) is 1. The number of pyridine rings is 1. The van der Waals surface area contributed by atoms with Crippen molar-refractivity contribution in [2.75, 3.05) is 11.1 Å². The van der Waals surface area contributed by atoms with Crippen molar-refractivity contribution in [3.63, 3.8) is 0 Å². The molecule has 4 nitrogen and oxygen atoms in total. The molecule has 0 amide bonds. The van der Waals surface area contributed by atoms with Crippen LogP contribution in [0.15, 0.2) is 40.9 Å². The fourth-order valence-electron chi connectivity index (χ4n) is 2.72. The van der Waals surface area contributed by atoms with Crippen LogP contribution in [0.4, 0.5) is 11.4 Å². The second-order valence-electron chi connectivity index (χ2n) is 5.34. The molecule has 0 radical (unpaired) electrons. The van der Waals surface area contributed by atoms with Gasteiger partial charge in [-0.05, 0) is 39.0 Å². The van der Waals surface area contributed by atoms with Gasteiger partial charge in [-0.15, -0.1) is 0 Å². The van der Waals surface area contributed by atoms with Gasteiger partial charge in [0.2, 0.25) is 0 Å². The van der Waals surface area contributed by atoms with Crippen LogP contribution in [0, 0.1) is 13.8 Å². The number of nitrogen functional groups attached to an aromatic ring is 1. The Bertz CT molecular complexity index is 792. The molecular weight excluding hydrogens is 262 g/mol. The molecule has 0 aliphatic rings.